The molecule has 0 aromatic heterocycles. The summed E-state index contributed by atoms with van der Waals surface area (Å²) in [6, 6.07) is 16.1. The molecule has 2 unspecified atom stereocenters. The van der Waals surface area contributed by atoms with Gasteiger partial charge in [0.15, 0.2) is 0 Å². The summed E-state index contributed by atoms with van der Waals surface area (Å²) in [4.78, 5) is 0.302. The summed E-state index contributed by atoms with van der Waals surface area (Å²) in [7, 11) is -1.89. The molecule has 25 heavy (non-hydrogen) atoms. The average molecular weight is 360 g/mol. The van der Waals surface area contributed by atoms with Crippen LogP contribution in [-0.2, 0) is 10.0 Å². The summed E-state index contributed by atoms with van der Waals surface area (Å²) >= 11 is 0. The maximum Gasteiger partial charge on any atom is 0.240 e. The predicted octanol–water partition coefficient (Wildman–Crippen LogP) is 3.40. The van der Waals surface area contributed by atoms with Gasteiger partial charge in [0, 0.05) is 12.1 Å². The summed E-state index contributed by atoms with van der Waals surface area (Å²) in [5.74, 6) is 0.762. The maximum atomic E-state index is 12.7. The zero-order valence-corrected chi connectivity index (χ0v) is 15.1. The van der Waals surface area contributed by atoms with E-state index in [1.54, 1.807) is 31.4 Å². The van der Waals surface area contributed by atoms with E-state index in [4.69, 9.17) is 4.74 Å². The third-order valence-electron chi connectivity index (χ3n) is 4.57. The second kappa shape index (κ2) is 7.89. The highest BCUT2D eigenvalue weighted by Gasteiger charge is 2.29. The molecule has 0 heterocycles. The number of nitrogens with one attached hydrogen (secondary N) is 2. The van der Waals surface area contributed by atoms with Crippen LogP contribution in [0.4, 0.5) is 5.69 Å². The molecule has 2 N–H and O–H groups in total. The number of sulfonamides is 1. The fourth-order valence-electron chi connectivity index (χ4n) is 3.28. The standard InChI is InChI=1S/C19H24N2O3S/c1-24-19-14-8-7-13-18(19)20-16-11-5-6-12-17(16)21-25(22,23)15-9-3-2-4-10-15/h2-4,7-10,13-14,16-17,20-21H,5-6,11-12H2,1H3. The van der Waals surface area contributed by atoms with E-state index < -0.39 is 10.0 Å². The molecule has 0 saturated heterocycles. The van der Waals surface area contributed by atoms with Gasteiger partial charge in [-0.25, -0.2) is 13.1 Å². The summed E-state index contributed by atoms with van der Waals surface area (Å²) in [5, 5.41) is 3.47. The van der Waals surface area contributed by atoms with Gasteiger partial charge in [-0.1, -0.05) is 43.2 Å². The number of hydrogen-bond donors (Lipinski definition) is 2. The van der Waals surface area contributed by atoms with E-state index >= 15 is 0 Å². The Labute approximate surface area is 149 Å². The Morgan fingerprint density at radius 1 is 0.920 bits per heavy atom. The highest BCUT2D eigenvalue weighted by molar-refractivity contribution is 7.89. The highest BCUT2D eigenvalue weighted by Crippen LogP contribution is 2.29. The van der Waals surface area contributed by atoms with Gasteiger partial charge in [-0.3, -0.25) is 0 Å². The third kappa shape index (κ3) is 4.32. The molecule has 0 radical (unpaired) electrons. The van der Waals surface area contributed by atoms with Crippen molar-refractivity contribution in [1.29, 1.82) is 0 Å². The van der Waals surface area contributed by atoms with Crippen molar-refractivity contribution in [3.8, 4) is 5.75 Å². The molecule has 134 valence electrons. The van der Waals surface area contributed by atoms with Crippen LogP contribution in [0.3, 0.4) is 0 Å². The van der Waals surface area contributed by atoms with Gasteiger partial charge < -0.3 is 10.1 Å². The van der Waals surface area contributed by atoms with Crippen molar-refractivity contribution in [3.63, 3.8) is 0 Å². The van der Waals surface area contributed by atoms with Gasteiger partial charge in [0.1, 0.15) is 5.75 Å². The molecule has 2 atom stereocenters. The van der Waals surface area contributed by atoms with Crippen molar-refractivity contribution in [2.45, 2.75) is 42.7 Å². The number of para-hydroxylation sites is 2. The molecule has 2 aromatic rings. The van der Waals surface area contributed by atoms with Crippen LogP contribution >= 0.6 is 0 Å². The van der Waals surface area contributed by atoms with E-state index in [1.807, 2.05) is 30.3 Å². The Morgan fingerprint density at radius 3 is 2.28 bits per heavy atom. The molecule has 1 fully saturated rings. The first-order chi connectivity index (χ1) is 12.1. The smallest absolute Gasteiger partial charge is 0.240 e. The van der Waals surface area contributed by atoms with Crippen LogP contribution in [0.1, 0.15) is 25.7 Å². The third-order valence-corrected chi connectivity index (χ3v) is 6.08. The molecule has 1 saturated carbocycles. The Morgan fingerprint density at radius 2 is 1.56 bits per heavy atom. The quantitative estimate of drug-likeness (QED) is 0.828. The van der Waals surface area contributed by atoms with Gasteiger partial charge in [-0.05, 0) is 37.1 Å². The molecular weight excluding hydrogens is 336 g/mol. The summed E-state index contributed by atoms with van der Waals surface area (Å²) < 4.78 is 33.6. The first-order valence-electron chi connectivity index (χ1n) is 8.57. The number of anilines is 1. The molecular formula is C19H24N2O3S. The monoisotopic (exact) mass is 360 g/mol. The SMILES string of the molecule is COc1ccccc1NC1CCCCC1NS(=O)(=O)c1ccccc1. The van der Waals surface area contributed by atoms with Gasteiger partial charge >= 0.3 is 0 Å². The van der Waals surface area contributed by atoms with E-state index in [0.29, 0.717) is 4.90 Å². The Bertz CT molecular complexity index is 793. The minimum atomic E-state index is -3.52. The van der Waals surface area contributed by atoms with E-state index in [2.05, 4.69) is 10.0 Å². The van der Waals surface area contributed by atoms with Crippen LogP contribution in [0.25, 0.3) is 0 Å². The lowest BCUT2D eigenvalue weighted by atomic mass is 9.91. The summed E-state index contributed by atoms with van der Waals surface area (Å²) in [6.07, 6.45) is 3.83. The molecule has 3 rings (SSSR count). The zero-order valence-electron chi connectivity index (χ0n) is 14.3. The van der Waals surface area contributed by atoms with Crippen molar-refractivity contribution in [2.24, 2.45) is 0 Å². The molecule has 5 nitrogen and oxygen atoms in total. The molecule has 0 bridgehead atoms. The summed E-state index contributed by atoms with van der Waals surface area (Å²) in [6.45, 7) is 0. The predicted molar refractivity (Wildman–Crippen MR) is 99.4 cm³/mol. The van der Waals surface area contributed by atoms with Crippen molar-refractivity contribution < 1.29 is 13.2 Å². The Hall–Kier alpha value is -2.05. The van der Waals surface area contributed by atoms with Crippen LogP contribution in [0.5, 0.6) is 5.75 Å². The van der Waals surface area contributed by atoms with Crippen molar-refractivity contribution in [3.05, 3.63) is 54.6 Å². The van der Waals surface area contributed by atoms with Crippen molar-refractivity contribution >= 4 is 15.7 Å². The number of ether oxygens (including phenoxy) is 1. The van der Waals surface area contributed by atoms with Gasteiger partial charge in [-0.2, -0.15) is 0 Å². The number of benzene rings is 2. The normalized spacial score (nSPS) is 20.8. The zero-order chi connectivity index (χ0) is 17.7. The van der Waals surface area contributed by atoms with Crippen LogP contribution in [0.15, 0.2) is 59.5 Å². The second-order valence-electron chi connectivity index (χ2n) is 6.28. The second-order valence-corrected chi connectivity index (χ2v) is 7.99. The molecule has 0 amide bonds. The van der Waals surface area contributed by atoms with Gasteiger partial charge in [0.25, 0.3) is 0 Å². The van der Waals surface area contributed by atoms with E-state index in [9.17, 15) is 8.42 Å². The minimum Gasteiger partial charge on any atom is -0.495 e. The molecule has 0 spiro atoms. The van der Waals surface area contributed by atoms with E-state index in [0.717, 1.165) is 37.1 Å². The Kier molecular flexibility index (Phi) is 5.60. The van der Waals surface area contributed by atoms with Gasteiger partial charge in [0.05, 0.1) is 17.7 Å². The number of rotatable bonds is 6. The van der Waals surface area contributed by atoms with Crippen LogP contribution in [0.2, 0.25) is 0 Å². The van der Waals surface area contributed by atoms with Crippen LogP contribution < -0.4 is 14.8 Å². The largest absolute Gasteiger partial charge is 0.495 e. The topological polar surface area (TPSA) is 67.4 Å². The van der Waals surface area contributed by atoms with Crippen LogP contribution in [-0.4, -0.2) is 27.6 Å². The highest BCUT2D eigenvalue weighted by atomic mass is 32.2. The minimum absolute atomic E-state index is 0.0311. The van der Waals surface area contributed by atoms with Gasteiger partial charge in [-0.15, -0.1) is 0 Å². The fourth-order valence-corrected chi connectivity index (χ4v) is 4.61. The maximum absolute atomic E-state index is 12.7. The first kappa shape index (κ1) is 17.8. The molecule has 1 aliphatic carbocycles. The lowest BCUT2D eigenvalue weighted by molar-refractivity contribution is 0.375. The first-order valence-corrected chi connectivity index (χ1v) is 10.1. The molecule has 0 aliphatic heterocycles. The van der Waals surface area contributed by atoms with Crippen molar-refractivity contribution in [2.75, 3.05) is 12.4 Å². The number of hydrogen-bond acceptors (Lipinski definition) is 4. The lowest BCUT2D eigenvalue weighted by Crippen LogP contribution is -2.48. The van der Waals surface area contributed by atoms with E-state index in [1.165, 1.54) is 0 Å². The molecule has 1 aliphatic rings. The average Bonchev–Trinajstić information content (AvgIpc) is 2.64. The number of methoxy groups -OCH3 is 1. The van der Waals surface area contributed by atoms with E-state index in [-0.39, 0.29) is 12.1 Å². The van der Waals surface area contributed by atoms with Gasteiger partial charge in [0.2, 0.25) is 10.0 Å². The lowest BCUT2D eigenvalue weighted by Gasteiger charge is -2.33. The Balaban J connectivity index is 1.77. The van der Waals surface area contributed by atoms with Crippen molar-refractivity contribution in [1.82, 2.24) is 4.72 Å². The van der Waals surface area contributed by atoms with Crippen LogP contribution in [0, 0.1) is 0 Å². The fraction of sp³-hybridized carbons (Fsp3) is 0.368. The molecule has 2 aromatic carbocycles. The molecule has 6 heteroatoms. The summed E-state index contributed by atoms with van der Waals surface area (Å²) in [5.41, 5.74) is 0.890.